The third-order valence-electron chi connectivity index (χ3n) is 2.81. The highest BCUT2D eigenvalue weighted by Gasteiger charge is 2.01. The van der Waals surface area contributed by atoms with Crippen molar-refractivity contribution in [1.29, 1.82) is 0 Å². The van der Waals surface area contributed by atoms with Crippen molar-refractivity contribution in [2.24, 2.45) is 0 Å². The van der Waals surface area contributed by atoms with Crippen molar-refractivity contribution in [3.63, 3.8) is 0 Å². The Labute approximate surface area is 118 Å². The Morgan fingerprint density at radius 3 is 2.50 bits per heavy atom. The van der Waals surface area contributed by atoms with Gasteiger partial charge in [0.15, 0.2) is 6.29 Å². The number of nitrogens with two attached hydrogens (primary N) is 2. The van der Waals surface area contributed by atoms with E-state index in [2.05, 4.69) is 5.32 Å². The Balaban J connectivity index is 1.98. The minimum absolute atomic E-state index is 0.591. The molecule has 0 spiro atoms. The third kappa shape index (κ3) is 3.80. The van der Waals surface area contributed by atoms with Gasteiger partial charge in [-0.05, 0) is 55.0 Å². The van der Waals surface area contributed by atoms with Crippen LogP contribution in [0.3, 0.4) is 0 Å². The molecular weight excluding hydrogens is 254 g/mol. The summed E-state index contributed by atoms with van der Waals surface area (Å²) in [5.74, 6) is 0.619. The zero-order valence-corrected chi connectivity index (χ0v) is 11.3. The molecule has 0 amide bonds. The number of aliphatic hydroxyl groups excluding tert-OH is 1. The second-order valence-electron chi connectivity index (χ2n) is 4.55. The summed E-state index contributed by atoms with van der Waals surface area (Å²) in [7, 11) is 0. The van der Waals surface area contributed by atoms with E-state index in [1.807, 2.05) is 18.2 Å². The van der Waals surface area contributed by atoms with Crippen LogP contribution < -0.4 is 21.5 Å². The first-order valence-electron chi connectivity index (χ1n) is 6.37. The number of benzene rings is 2. The molecule has 0 aliphatic carbocycles. The molecule has 0 fully saturated rings. The van der Waals surface area contributed by atoms with Gasteiger partial charge < -0.3 is 26.6 Å². The summed E-state index contributed by atoms with van der Waals surface area (Å²) in [5, 5.41) is 12.4. The maximum atomic E-state index is 9.12. The SMILES string of the molecule is CC(O)Oc1ccc(NCc2cc(N)ccc2N)cc1. The van der Waals surface area contributed by atoms with Gasteiger partial charge in [-0.15, -0.1) is 0 Å². The number of aliphatic hydroxyl groups is 1. The van der Waals surface area contributed by atoms with Crippen molar-refractivity contribution in [2.45, 2.75) is 19.8 Å². The van der Waals surface area contributed by atoms with Gasteiger partial charge in [-0.25, -0.2) is 0 Å². The van der Waals surface area contributed by atoms with Crippen molar-refractivity contribution in [2.75, 3.05) is 16.8 Å². The monoisotopic (exact) mass is 273 g/mol. The predicted molar refractivity (Wildman–Crippen MR) is 81.3 cm³/mol. The van der Waals surface area contributed by atoms with E-state index in [4.69, 9.17) is 21.3 Å². The minimum atomic E-state index is -0.819. The molecule has 0 bridgehead atoms. The molecule has 5 heteroatoms. The van der Waals surface area contributed by atoms with Crippen LogP contribution >= 0.6 is 0 Å². The highest BCUT2D eigenvalue weighted by molar-refractivity contribution is 5.57. The first-order chi connectivity index (χ1) is 9.54. The molecule has 2 rings (SSSR count). The van der Waals surface area contributed by atoms with Gasteiger partial charge in [0.1, 0.15) is 5.75 Å². The summed E-state index contributed by atoms with van der Waals surface area (Å²) < 4.78 is 5.16. The van der Waals surface area contributed by atoms with Crippen LogP contribution in [-0.2, 0) is 6.54 Å². The second kappa shape index (κ2) is 6.16. The summed E-state index contributed by atoms with van der Waals surface area (Å²) >= 11 is 0. The lowest BCUT2D eigenvalue weighted by Crippen LogP contribution is -2.09. The van der Waals surface area contributed by atoms with E-state index in [1.54, 1.807) is 31.2 Å². The van der Waals surface area contributed by atoms with Crippen LogP contribution in [0.25, 0.3) is 0 Å². The Morgan fingerprint density at radius 1 is 1.15 bits per heavy atom. The molecule has 1 atom stereocenters. The van der Waals surface area contributed by atoms with Crippen LogP contribution in [0.2, 0.25) is 0 Å². The van der Waals surface area contributed by atoms with E-state index < -0.39 is 6.29 Å². The average molecular weight is 273 g/mol. The lowest BCUT2D eigenvalue weighted by Gasteiger charge is -2.11. The van der Waals surface area contributed by atoms with Crippen molar-refractivity contribution >= 4 is 17.1 Å². The molecule has 0 heterocycles. The molecule has 0 saturated carbocycles. The van der Waals surface area contributed by atoms with Crippen LogP contribution in [0.4, 0.5) is 17.1 Å². The van der Waals surface area contributed by atoms with Gasteiger partial charge >= 0.3 is 0 Å². The Bertz CT molecular complexity index is 568. The molecule has 0 aromatic heterocycles. The molecule has 1 unspecified atom stereocenters. The fourth-order valence-corrected chi connectivity index (χ4v) is 1.82. The van der Waals surface area contributed by atoms with Crippen molar-refractivity contribution in [1.82, 2.24) is 0 Å². The number of hydrogen-bond donors (Lipinski definition) is 4. The highest BCUT2D eigenvalue weighted by Crippen LogP contribution is 2.20. The molecule has 5 nitrogen and oxygen atoms in total. The minimum Gasteiger partial charge on any atom is -0.465 e. The number of anilines is 3. The van der Waals surface area contributed by atoms with E-state index >= 15 is 0 Å². The first kappa shape index (κ1) is 14.0. The molecule has 0 saturated heterocycles. The maximum absolute atomic E-state index is 9.12. The van der Waals surface area contributed by atoms with Gasteiger partial charge in [0.05, 0.1) is 0 Å². The molecule has 0 aliphatic heterocycles. The normalized spacial score (nSPS) is 11.9. The Morgan fingerprint density at radius 2 is 1.85 bits per heavy atom. The molecule has 6 N–H and O–H groups in total. The van der Waals surface area contributed by atoms with Gasteiger partial charge in [0, 0.05) is 23.6 Å². The molecular formula is C15H19N3O2. The molecule has 2 aromatic rings. The Hall–Kier alpha value is -2.40. The molecule has 2 aromatic carbocycles. The van der Waals surface area contributed by atoms with Crippen LogP contribution in [-0.4, -0.2) is 11.4 Å². The van der Waals surface area contributed by atoms with Gasteiger partial charge in [-0.2, -0.15) is 0 Å². The Kier molecular flexibility index (Phi) is 4.32. The summed E-state index contributed by atoms with van der Waals surface area (Å²) in [5.41, 5.74) is 14.9. The van der Waals surface area contributed by atoms with Crippen molar-refractivity contribution in [3.8, 4) is 5.75 Å². The van der Waals surface area contributed by atoms with E-state index in [1.165, 1.54) is 0 Å². The third-order valence-corrected chi connectivity index (χ3v) is 2.81. The summed E-state index contributed by atoms with van der Waals surface area (Å²) in [6.45, 7) is 2.15. The quantitative estimate of drug-likeness (QED) is 0.495. The van der Waals surface area contributed by atoms with Crippen LogP contribution in [0.5, 0.6) is 5.75 Å². The zero-order valence-electron chi connectivity index (χ0n) is 11.3. The van der Waals surface area contributed by atoms with E-state index in [0.717, 1.165) is 11.3 Å². The lowest BCUT2D eigenvalue weighted by molar-refractivity contribution is -0.000280. The molecule has 20 heavy (non-hydrogen) atoms. The molecule has 0 radical (unpaired) electrons. The predicted octanol–water partition coefficient (Wildman–Crippen LogP) is 2.18. The van der Waals surface area contributed by atoms with Crippen molar-refractivity contribution in [3.05, 3.63) is 48.0 Å². The van der Waals surface area contributed by atoms with Gasteiger partial charge in [-0.3, -0.25) is 0 Å². The van der Waals surface area contributed by atoms with Gasteiger partial charge in [0.2, 0.25) is 0 Å². The number of ether oxygens (including phenoxy) is 1. The molecule has 106 valence electrons. The van der Waals surface area contributed by atoms with Crippen LogP contribution in [0, 0.1) is 0 Å². The summed E-state index contributed by atoms with van der Waals surface area (Å²) in [6, 6.07) is 12.8. The largest absolute Gasteiger partial charge is 0.465 e. The van der Waals surface area contributed by atoms with Crippen LogP contribution in [0.15, 0.2) is 42.5 Å². The molecule has 0 aliphatic rings. The topological polar surface area (TPSA) is 93.5 Å². The number of rotatable bonds is 5. The number of nitrogen functional groups attached to an aromatic ring is 2. The van der Waals surface area contributed by atoms with Gasteiger partial charge in [0.25, 0.3) is 0 Å². The number of hydrogen-bond acceptors (Lipinski definition) is 5. The maximum Gasteiger partial charge on any atom is 0.194 e. The highest BCUT2D eigenvalue weighted by atomic mass is 16.6. The smallest absolute Gasteiger partial charge is 0.194 e. The standard InChI is InChI=1S/C15H19N3O2/c1-10(19)20-14-5-3-13(4-6-14)18-9-11-8-12(16)2-7-15(11)17/h2-8,10,18-19H,9,16-17H2,1H3. The van der Waals surface area contributed by atoms with E-state index in [0.29, 0.717) is 23.7 Å². The second-order valence-corrected chi connectivity index (χ2v) is 4.55. The van der Waals surface area contributed by atoms with Crippen molar-refractivity contribution < 1.29 is 9.84 Å². The fraction of sp³-hybridized carbons (Fsp3) is 0.200. The fourth-order valence-electron chi connectivity index (χ4n) is 1.82. The average Bonchev–Trinajstić information content (AvgIpc) is 2.41. The summed E-state index contributed by atoms with van der Waals surface area (Å²) in [6.07, 6.45) is -0.819. The van der Waals surface area contributed by atoms with Gasteiger partial charge in [-0.1, -0.05) is 0 Å². The zero-order chi connectivity index (χ0) is 14.5. The summed E-state index contributed by atoms with van der Waals surface area (Å²) in [4.78, 5) is 0. The van der Waals surface area contributed by atoms with Crippen LogP contribution in [0.1, 0.15) is 12.5 Å². The lowest BCUT2D eigenvalue weighted by atomic mass is 10.1. The first-order valence-corrected chi connectivity index (χ1v) is 6.37. The number of nitrogens with one attached hydrogen (secondary N) is 1. The van der Waals surface area contributed by atoms with E-state index in [9.17, 15) is 0 Å². The van der Waals surface area contributed by atoms with E-state index in [-0.39, 0.29) is 0 Å².